The molecule has 1 saturated carbocycles. The lowest BCUT2D eigenvalue weighted by Gasteiger charge is -2.37. The van der Waals surface area contributed by atoms with Crippen LogP contribution < -0.4 is 5.32 Å². The van der Waals surface area contributed by atoms with Crippen molar-refractivity contribution in [2.24, 2.45) is 5.92 Å². The minimum absolute atomic E-state index is 0.189. The lowest BCUT2D eigenvalue weighted by Crippen LogP contribution is -2.51. The third kappa shape index (κ3) is 3.53. The Morgan fingerprint density at radius 2 is 1.93 bits per heavy atom. The molecule has 0 saturated heterocycles. The van der Waals surface area contributed by atoms with Crippen LogP contribution in [0.4, 0.5) is 10.1 Å². The van der Waals surface area contributed by atoms with Crippen LogP contribution in [0.1, 0.15) is 58.5 Å². The van der Waals surface area contributed by atoms with Gasteiger partial charge in [-0.25, -0.2) is 4.39 Å². The summed E-state index contributed by atoms with van der Waals surface area (Å²) in [4.78, 5) is 27.8. The fraction of sp³-hybridized carbons (Fsp3) is 0.391. The highest BCUT2D eigenvalue weighted by molar-refractivity contribution is 6.11. The molecule has 1 fully saturated rings. The van der Waals surface area contributed by atoms with E-state index >= 15 is 0 Å². The van der Waals surface area contributed by atoms with E-state index in [9.17, 15) is 19.1 Å². The number of benzene rings is 2. The van der Waals surface area contributed by atoms with Gasteiger partial charge >= 0.3 is 0 Å². The van der Waals surface area contributed by atoms with E-state index in [1.54, 1.807) is 43.9 Å². The highest BCUT2D eigenvalue weighted by atomic mass is 19.1. The molecule has 29 heavy (non-hydrogen) atoms. The molecule has 1 aliphatic heterocycles. The first-order chi connectivity index (χ1) is 13.7. The molecule has 1 atom stereocenters. The summed E-state index contributed by atoms with van der Waals surface area (Å²) in [6.45, 7) is 5.43. The molecule has 0 radical (unpaired) electrons. The van der Waals surface area contributed by atoms with E-state index in [4.69, 9.17) is 0 Å². The molecule has 2 amide bonds. The van der Waals surface area contributed by atoms with Gasteiger partial charge in [-0.1, -0.05) is 18.2 Å². The second-order valence-electron chi connectivity index (χ2n) is 8.58. The van der Waals surface area contributed by atoms with Crippen molar-refractivity contribution in [1.29, 1.82) is 0 Å². The van der Waals surface area contributed by atoms with Gasteiger partial charge in [-0.15, -0.1) is 0 Å². The Kier molecular flexibility index (Phi) is 4.69. The Bertz CT molecular complexity index is 992. The third-order valence-electron chi connectivity index (χ3n) is 5.85. The summed E-state index contributed by atoms with van der Waals surface area (Å²) in [6.07, 6.45) is 1.99. The number of aliphatic hydroxyl groups is 1. The standard InChI is InChI=1S/C23H25FN2O3/c1-13-16(7-5-8-17(13)24)21(27)25-18-9-4-6-15-12-26(22(28)19(15)18)20(14-10-11-14)23(2,3)29/h4-9,14,20,29H,10-12H2,1-3H3,(H,25,27)/t20-/m0/s1. The molecule has 152 valence electrons. The molecule has 2 N–H and O–H groups in total. The number of amides is 2. The van der Waals surface area contributed by atoms with Crippen molar-refractivity contribution >= 4 is 17.5 Å². The molecule has 1 heterocycles. The van der Waals surface area contributed by atoms with Gasteiger partial charge in [0.05, 0.1) is 22.9 Å². The van der Waals surface area contributed by atoms with Crippen LogP contribution >= 0.6 is 0 Å². The van der Waals surface area contributed by atoms with Crippen molar-refractivity contribution in [3.05, 3.63) is 64.5 Å². The topological polar surface area (TPSA) is 69.6 Å². The summed E-state index contributed by atoms with van der Waals surface area (Å²) in [7, 11) is 0. The van der Waals surface area contributed by atoms with Gasteiger partial charge in [0.15, 0.2) is 0 Å². The summed E-state index contributed by atoms with van der Waals surface area (Å²) in [5.41, 5.74) is 1.16. The van der Waals surface area contributed by atoms with Crippen molar-refractivity contribution in [2.75, 3.05) is 5.32 Å². The van der Waals surface area contributed by atoms with Crippen LogP contribution in [0.15, 0.2) is 36.4 Å². The van der Waals surface area contributed by atoms with Crippen LogP contribution in [0, 0.1) is 18.7 Å². The molecule has 0 unspecified atom stereocenters. The zero-order valence-electron chi connectivity index (χ0n) is 16.8. The van der Waals surface area contributed by atoms with Gasteiger partial charge in [-0.05, 0) is 68.9 Å². The van der Waals surface area contributed by atoms with Crippen molar-refractivity contribution in [3.63, 3.8) is 0 Å². The van der Waals surface area contributed by atoms with Gasteiger partial charge in [-0.2, -0.15) is 0 Å². The SMILES string of the molecule is Cc1c(F)cccc1C(=O)Nc1cccc2c1C(=O)N([C@@H](C1CC1)C(C)(C)O)C2. The Morgan fingerprint density at radius 1 is 1.24 bits per heavy atom. The minimum atomic E-state index is -1.01. The monoisotopic (exact) mass is 396 g/mol. The van der Waals surface area contributed by atoms with Gasteiger partial charge in [0.2, 0.25) is 0 Å². The first kappa shape index (κ1) is 19.6. The number of hydrogen-bond acceptors (Lipinski definition) is 3. The second-order valence-corrected chi connectivity index (χ2v) is 8.58. The number of hydrogen-bond donors (Lipinski definition) is 2. The fourth-order valence-electron chi connectivity index (χ4n) is 4.38. The highest BCUT2D eigenvalue weighted by Gasteiger charge is 2.48. The Balaban J connectivity index is 1.64. The molecule has 2 aromatic carbocycles. The van der Waals surface area contributed by atoms with Crippen LogP contribution in [-0.4, -0.2) is 33.5 Å². The van der Waals surface area contributed by atoms with Crippen molar-refractivity contribution < 1.29 is 19.1 Å². The first-order valence-electron chi connectivity index (χ1n) is 9.90. The van der Waals surface area contributed by atoms with Crippen LogP contribution in [0.2, 0.25) is 0 Å². The van der Waals surface area contributed by atoms with Crippen molar-refractivity contribution in [1.82, 2.24) is 4.90 Å². The average molecular weight is 396 g/mol. The maximum absolute atomic E-state index is 13.8. The van der Waals surface area contributed by atoms with E-state index in [2.05, 4.69) is 5.32 Å². The average Bonchev–Trinajstić information content (AvgIpc) is 3.41. The van der Waals surface area contributed by atoms with Gasteiger partial charge in [0.25, 0.3) is 11.8 Å². The molecule has 1 aliphatic carbocycles. The number of carbonyl (C=O) groups excluding carboxylic acids is 2. The Morgan fingerprint density at radius 3 is 2.59 bits per heavy atom. The summed E-state index contributed by atoms with van der Waals surface area (Å²) in [5.74, 6) is -0.800. The highest BCUT2D eigenvalue weighted by Crippen LogP contribution is 2.43. The predicted molar refractivity (Wildman–Crippen MR) is 108 cm³/mol. The van der Waals surface area contributed by atoms with Crippen molar-refractivity contribution in [3.8, 4) is 0 Å². The number of nitrogens with zero attached hydrogens (tertiary/aromatic N) is 1. The normalized spacial score (nSPS) is 17.3. The smallest absolute Gasteiger partial charge is 0.256 e. The zero-order valence-corrected chi connectivity index (χ0v) is 16.8. The third-order valence-corrected chi connectivity index (χ3v) is 5.85. The van der Waals surface area contributed by atoms with E-state index in [0.717, 1.165) is 18.4 Å². The molecular formula is C23H25FN2O3. The van der Waals surface area contributed by atoms with Gasteiger partial charge < -0.3 is 15.3 Å². The van der Waals surface area contributed by atoms with E-state index in [1.165, 1.54) is 12.1 Å². The molecule has 0 bridgehead atoms. The molecular weight excluding hydrogens is 371 g/mol. The maximum atomic E-state index is 13.8. The number of nitrogens with one attached hydrogen (secondary N) is 1. The molecule has 0 spiro atoms. The molecule has 6 heteroatoms. The largest absolute Gasteiger partial charge is 0.388 e. The number of halogens is 1. The lowest BCUT2D eigenvalue weighted by molar-refractivity contribution is -0.0224. The summed E-state index contributed by atoms with van der Waals surface area (Å²) in [6, 6.07) is 9.43. The Hall–Kier alpha value is -2.73. The van der Waals surface area contributed by atoms with Crippen LogP contribution in [-0.2, 0) is 6.54 Å². The van der Waals surface area contributed by atoms with E-state index in [1.807, 2.05) is 6.07 Å². The van der Waals surface area contributed by atoms with E-state index < -0.39 is 17.3 Å². The van der Waals surface area contributed by atoms with Crippen LogP contribution in [0.3, 0.4) is 0 Å². The van der Waals surface area contributed by atoms with Crippen LogP contribution in [0.25, 0.3) is 0 Å². The van der Waals surface area contributed by atoms with E-state index in [-0.39, 0.29) is 23.1 Å². The summed E-state index contributed by atoms with van der Waals surface area (Å²) >= 11 is 0. The van der Waals surface area contributed by atoms with Gasteiger partial charge in [-0.3, -0.25) is 9.59 Å². The minimum Gasteiger partial charge on any atom is -0.388 e. The quantitative estimate of drug-likeness (QED) is 0.806. The molecule has 2 aliphatic rings. The maximum Gasteiger partial charge on any atom is 0.256 e. The number of anilines is 1. The van der Waals surface area contributed by atoms with Crippen LogP contribution in [0.5, 0.6) is 0 Å². The van der Waals surface area contributed by atoms with E-state index in [0.29, 0.717) is 23.7 Å². The summed E-state index contributed by atoms with van der Waals surface area (Å²) < 4.78 is 13.8. The summed E-state index contributed by atoms with van der Waals surface area (Å²) in [5, 5.41) is 13.5. The Labute approximate surface area is 169 Å². The second kappa shape index (κ2) is 6.95. The van der Waals surface area contributed by atoms with Crippen molar-refractivity contribution in [2.45, 2.75) is 51.8 Å². The number of carbonyl (C=O) groups is 2. The van der Waals surface area contributed by atoms with Gasteiger partial charge in [0, 0.05) is 12.1 Å². The predicted octanol–water partition coefficient (Wildman–Crippen LogP) is 3.89. The fourth-order valence-corrected chi connectivity index (χ4v) is 4.38. The molecule has 4 rings (SSSR count). The van der Waals surface area contributed by atoms with Gasteiger partial charge in [0.1, 0.15) is 5.82 Å². The molecule has 0 aromatic heterocycles. The molecule has 5 nitrogen and oxygen atoms in total. The zero-order chi connectivity index (χ0) is 20.9. The number of fused-ring (bicyclic) bond motifs is 1. The lowest BCUT2D eigenvalue weighted by atomic mass is 9.93. The molecule has 2 aromatic rings. The number of rotatable bonds is 5. The first-order valence-corrected chi connectivity index (χ1v) is 9.90.